The minimum atomic E-state index is -0.678. The normalized spacial score (nSPS) is 10.1. The summed E-state index contributed by atoms with van der Waals surface area (Å²) < 4.78 is 19.6. The smallest absolute Gasteiger partial charge is 0.226 e. The molecule has 0 unspecified atom stereocenters. The number of hydrogen-bond acceptors (Lipinski definition) is 3. The first-order valence-corrected chi connectivity index (χ1v) is 4.59. The van der Waals surface area contributed by atoms with E-state index in [0.717, 1.165) is 4.68 Å². The maximum atomic E-state index is 13.6. The van der Waals surface area contributed by atoms with Crippen LogP contribution >= 0.6 is 0 Å². The highest BCUT2D eigenvalue weighted by atomic mass is 19.1. The molecule has 82 valence electrons. The lowest BCUT2D eigenvalue weighted by Gasteiger charge is -2.04. The fraction of sp³-hybridized carbons (Fsp3) is 0.0909. The first-order valence-electron chi connectivity index (χ1n) is 4.59. The maximum absolute atomic E-state index is 13.6. The number of carbonyl (C=O) groups excluding carboxylic acids is 1. The molecule has 0 bridgehead atoms. The first-order chi connectivity index (χ1) is 7.76. The van der Waals surface area contributed by atoms with Gasteiger partial charge in [-0.05, 0) is 12.1 Å². The van der Waals surface area contributed by atoms with Gasteiger partial charge in [0.2, 0.25) is 5.95 Å². The van der Waals surface area contributed by atoms with E-state index in [4.69, 9.17) is 4.74 Å². The number of aromatic nitrogens is 2. The second-order valence-electron chi connectivity index (χ2n) is 3.12. The molecule has 0 N–H and O–H groups in total. The van der Waals surface area contributed by atoms with Crippen molar-refractivity contribution in [3.63, 3.8) is 0 Å². The van der Waals surface area contributed by atoms with Gasteiger partial charge in [0.05, 0.1) is 24.6 Å². The van der Waals surface area contributed by atoms with Crippen LogP contribution in [-0.2, 0) is 0 Å². The molecule has 0 aliphatic rings. The van der Waals surface area contributed by atoms with Crippen molar-refractivity contribution in [2.75, 3.05) is 7.11 Å². The van der Waals surface area contributed by atoms with E-state index in [2.05, 4.69) is 5.10 Å². The van der Waals surface area contributed by atoms with E-state index in [1.807, 2.05) is 0 Å². The third-order valence-electron chi connectivity index (χ3n) is 2.16. The van der Waals surface area contributed by atoms with E-state index in [-0.39, 0.29) is 5.56 Å². The fourth-order valence-electron chi connectivity index (χ4n) is 1.35. The van der Waals surface area contributed by atoms with Crippen molar-refractivity contribution in [3.8, 4) is 11.4 Å². The predicted molar refractivity (Wildman–Crippen MR) is 55.5 cm³/mol. The van der Waals surface area contributed by atoms with Crippen LogP contribution in [0.4, 0.5) is 4.39 Å². The highest BCUT2D eigenvalue weighted by molar-refractivity contribution is 5.74. The van der Waals surface area contributed by atoms with Gasteiger partial charge >= 0.3 is 0 Å². The number of halogens is 1. The van der Waals surface area contributed by atoms with Crippen molar-refractivity contribution in [1.29, 1.82) is 0 Å². The van der Waals surface area contributed by atoms with Gasteiger partial charge in [0.1, 0.15) is 5.75 Å². The van der Waals surface area contributed by atoms with Crippen molar-refractivity contribution in [2.24, 2.45) is 0 Å². The molecule has 2 rings (SSSR count). The number of aldehydes is 1. The molecule has 0 fully saturated rings. The Balaban J connectivity index is 2.49. The molecule has 1 heterocycles. The largest absolute Gasteiger partial charge is 0.497 e. The second kappa shape index (κ2) is 4.14. The number of carbonyl (C=O) groups is 1. The summed E-state index contributed by atoms with van der Waals surface area (Å²) in [6, 6.07) is 6.76. The van der Waals surface area contributed by atoms with Gasteiger partial charge in [-0.2, -0.15) is 9.49 Å². The monoisotopic (exact) mass is 220 g/mol. The number of hydrogen-bond donors (Lipinski definition) is 0. The lowest BCUT2D eigenvalue weighted by molar-refractivity contribution is 0.111. The van der Waals surface area contributed by atoms with E-state index in [0.29, 0.717) is 17.7 Å². The van der Waals surface area contributed by atoms with Crippen LogP contribution in [0.1, 0.15) is 10.4 Å². The van der Waals surface area contributed by atoms with Gasteiger partial charge < -0.3 is 4.74 Å². The highest BCUT2D eigenvalue weighted by Gasteiger charge is 2.11. The van der Waals surface area contributed by atoms with Crippen LogP contribution in [0, 0.1) is 5.95 Å². The van der Waals surface area contributed by atoms with E-state index in [1.165, 1.54) is 13.3 Å². The molecular formula is C11H9FN2O2. The van der Waals surface area contributed by atoms with Crippen molar-refractivity contribution in [1.82, 2.24) is 9.78 Å². The maximum Gasteiger partial charge on any atom is 0.226 e. The number of methoxy groups -OCH3 is 1. The van der Waals surface area contributed by atoms with Crippen molar-refractivity contribution >= 4 is 6.29 Å². The summed E-state index contributed by atoms with van der Waals surface area (Å²) in [5, 5.41) is 3.79. The predicted octanol–water partition coefficient (Wildman–Crippen LogP) is 1.83. The minimum absolute atomic E-state index is 0.0668. The molecule has 0 aliphatic carbocycles. The topological polar surface area (TPSA) is 44.1 Å². The van der Waals surface area contributed by atoms with Gasteiger partial charge in [0.15, 0.2) is 6.29 Å². The molecule has 0 saturated heterocycles. The zero-order valence-corrected chi connectivity index (χ0v) is 8.55. The summed E-state index contributed by atoms with van der Waals surface area (Å²) in [5.74, 6) is -0.0803. The standard InChI is InChI=1S/C11H9FN2O2/c1-16-10-4-2-3-9(5-10)14-11(12)8(7-15)6-13-14/h2-7H,1H3. The fourth-order valence-corrected chi connectivity index (χ4v) is 1.35. The minimum Gasteiger partial charge on any atom is -0.497 e. The third-order valence-corrected chi connectivity index (χ3v) is 2.16. The molecule has 0 aliphatic heterocycles. The van der Waals surface area contributed by atoms with Gasteiger partial charge in [-0.3, -0.25) is 4.79 Å². The van der Waals surface area contributed by atoms with Crippen LogP contribution in [0.25, 0.3) is 5.69 Å². The number of rotatable bonds is 3. The van der Waals surface area contributed by atoms with E-state index >= 15 is 0 Å². The Kier molecular flexibility index (Phi) is 2.68. The average Bonchev–Trinajstić information content (AvgIpc) is 2.70. The molecule has 1 aromatic heterocycles. The molecule has 0 atom stereocenters. The van der Waals surface area contributed by atoms with Crippen molar-refractivity contribution in [2.45, 2.75) is 0 Å². The van der Waals surface area contributed by atoms with E-state index in [9.17, 15) is 9.18 Å². The SMILES string of the molecule is COc1cccc(-n2ncc(C=O)c2F)c1. The highest BCUT2D eigenvalue weighted by Crippen LogP contribution is 2.17. The Morgan fingerprint density at radius 3 is 2.94 bits per heavy atom. The molecule has 1 aromatic carbocycles. The van der Waals surface area contributed by atoms with E-state index in [1.54, 1.807) is 24.3 Å². The van der Waals surface area contributed by atoms with Crippen LogP contribution < -0.4 is 4.74 Å². The Bertz CT molecular complexity index is 522. The Morgan fingerprint density at radius 2 is 2.31 bits per heavy atom. The Labute approximate surface area is 91.3 Å². The van der Waals surface area contributed by atoms with Crippen LogP contribution in [0.3, 0.4) is 0 Å². The molecule has 0 amide bonds. The lowest BCUT2D eigenvalue weighted by Crippen LogP contribution is -2.00. The summed E-state index contributed by atoms with van der Waals surface area (Å²) in [5.41, 5.74) is 0.438. The lowest BCUT2D eigenvalue weighted by atomic mass is 10.3. The van der Waals surface area contributed by atoms with Crippen LogP contribution in [-0.4, -0.2) is 23.2 Å². The molecule has 4 nitrogen and oxygen atoms in total. The first kappa shape index (κ1) is 10.4. The third kappa shape index (κ3) is 1.67. The second-order valence-corrected chi connectivity index (χ2v) is 3.12. The summed E-state index contributed by atoms with van der Waals surface area (Å²) in [7, 11) is 1.52. The molecule has 0 radical (unpaired) electrons. The quantitative estimate of drug-likeness (QED) is 0.741. The molecule has 5 heteroatoms. The number of nitrogens with zero attached hydrogens (tertiary/aromatic N) is 2. The summed E-state index contributed by atoms with van der Waals surface area (Å²) in [6.45, 7) is 0. The zero-order valence-electron chi connectivity index (χ0n) is 8.55. The van der Waals surface area contributed by atoms with Crippen LogP contribution in [0.5, 0.6) is 5.75 Å². The average molecular weight is 220 g/mol. The van der Waals surface area contributed by atoms with Gasteiger partial charge in [0.25, 0.3) is 0 Å². The van der Waals surface area contributed by atoms with Crippen molar-refractivity contribution < 1.29 is 13.9 Å². The van der Waals surface area contributed by atoms with Gasteiger partial charge in [0, 0.05) is 6.07 Å². The van der Waals surface area contributed by atoms with E-state index < -0.39 is 5.95 Å². The molecule has 0 spiro atoms. The number of benzene rings is 1. The van der Waals surface area contributed by atoms with Crippen molar-refractivity contribution in [3.05, 3.63) is 42.0 Å². The molecule has 0 saturated carbocycles. The van der Waals surface area contributed by atoms with Gasteiger partial charge in [-0.15, -0.1) is 0 Å². The van der Waals surface area contributed by atoms with Crippen LogP contribution in [0.2, 0.25) is 0 Å². The van der Waals surface area contributed by atoms with Crippen LogP contribution in [0.15, 0.2) is 30.5 Å². The van der Waals surface area contributed by atoms with Gasteiger partial charge in [-0.25, -0.2) is 4.68 Å². The summed E-state index contributed by atoms with van der Waals surface area (Å²) in [6.07, 6.45) is 1.61. The van der Waals surface area contributed by atoms with Gasteiger partial charge in [-0.1, -0.05) is 6.07 Å². The molecule has 2 aromatic rings. The Morgan fingerprint density at radius 1 is 1.50 bits per heavy atom. The molecule has 16 heavy (non-hydrogen) atoms. The zero-order chi connectivity index (χ0) is 11.5. The Hall–Kier alpha value is -2.17. The molecular weight excluding hydrogens is 211 g/mol. The summed E-state index contributed by atoms with van der Waals surface area (Å²) >= 11 is 0. The summed E-state index contributed by atoms with van der Waals surface area (Å²) in [4.78, 5) is 10.5. The number of ether oxygens (including phenoxy) is 1.